The van der Waals surface area contributed by atoms with Crippen molar-refractivity contribution in [2.75, 3.05) is 0 Å². The lowest BCUT2D eigenvalue weighted by Gasteiger charge is -2.06. The monoisotopic (exact) mass is 266 g/mol. The maximum absolute atomic E-state index is 2.26. The first-order chi connectivity index (χ1) is 9.69. The molecule has 0 aliphatic carbocycles. The van der Waals surface area contributed by atoms with E-state index in [1.807, 2.05) is 6.07 Å². The summed E-state index contributed by atoms with van der Waals surface area (Å²) in [5.74, 6) is 0.709. The minimum absolute atomic E-state index is 0.709. The van der Waals surface area contributed by atoms with Gasteiger partial charge in [0.2, 0.25) is 0 Å². The molecule has 1 atom stereocenters. The quantitative estimate of drug-likeness (QED) is 0.610. The van der Waals surface area contributed by atoms with Gasteiger partial charge in [-0.15, -0.1) is 0 Å². The average molecular weight is 266 g/mol. The Morgan fingerprint density at radius 3 is 1.90 bits per heavy atom. The van der Waals surface area contributed by atoms with E-state index in [-0.39, 0.29) is 0 Å². The molecule has 0 saturated carbocycles. The summed E-state index contributed by atoms with van der Waals surface area (Å²) in [6, 6.07) is 21.0. The van der Waals surface area contributed by atoms with E-state index in [0.717, 1.165) is 0 Å². The fourth-order valence-corrected chi connectivity index (χ4v) is 1.88. The fourth-order valence-electron chi connectivity index (χ4n) is 1.88. The first-order valence-corrected chi connectivity index (χ1v) is 7.42. The van der Waals surface area contributed by atoms with Crippen LogP contribution in [0.5, 0.6) is 0 Å². The van der Waals surface area contributed by atoms with Crippen molar-refractivity contribution in [2.24, 2.45) is 0 Å². The maximum Gasteiger partial charge on any atom is -0.0193 e. The highest BCUT2D eigenvalue weighted by atomic mass is 14.0. The number of benzene rings is 2. The molecule has 0 saturated heterocycles. The number of allylic oxidation sites excluding steroid dienone is 2. The second-order valence-electron chi connectivity index (χ2n) is 5.06. The Hall–Kier alpha value is -1.82. The van der Waals surface area contributed by atoms with Gasteiger partial charge in [0.05, 0.1) is 0 Å². The van der Waals surface area contributed by atoms with E-state index in [0.29, 0.717) is 5.92 Å². The molecule has 0 fully saturated rings. The average Bonchev–Trinajstić information content (AvgIpc) is 2.55. The zero-order valence-corrected chi connectivity index (χ0v) is 13.1. The smallest absolute Gasteiger partial charge is 0.0193 e. The molecule has 2 aromatic rings. The molecule has 1 unspecified atom stereocenters. The van der Waals surface area contributed by atoms with E-state index in [1.165, 1.54) is 23.1 Å². The number of hydrogen-bond donors (Lipinski definition) is 0. The van der Waals surface area contributed by atoms with Gasteiger partial charge in [-0.3, -0.25) is 0 Å². The molecule has 106 valence electrons. The number of rotatable bonds is 3. The SMILES string of the molecule is CC=C(C)c1ccccc1.CCC(C)c1ccccc1. The summed E-state index contributed by atoms with van der Waals surface area (Å²) in [4.78, 5) is 0. The summed E-state index contributed by atoms with van der Waals surface area (Å²) < 4.78 is 0. The van der Waals surface area contributed by atoms with Crippen molar-refractivity contribution in [1.82, 2.24) is 0 Å². The predicted octanol–water partition coefficient (Wildman–Crippen LogP) is 6.31. The van der Waals surface area contributed by atoms with E-state index >= 15 is 0 Å². The lowest BCUT2D eigenvalue weighted by molar-refractivity contribution is 0.733. The van der Waals surface area contributed by atoms with E-state index in [4.69, 9.17) is 0 Å². The summed E-state index contributed by atoms with van der Waals surface area (Å²) in [5, 5.41) is 0. The van der Waals surface area contributed by atoms with Gasteiger partial charge in [-0.05, 0) is 42.9 Å². The van der Waals surface area contributed by atoms with E-state index in [2.05, 4.69) is 88.4 Å². The van der Waals surface area contributed by atoms with Gasteiger partial charge < -0.3 is 0 Å². The highest BCUT2D eigenvalue weighted by Crippen LogP contribution is 2.16. The molecule has 2 rings (SSSR count). The van der Waals surface area contributed by atoms with Crippen molar-refractivity contribution in [3.8, 4) is 0 Å². The Bertz CT molecular complexity index is 494. The molecule has 2 aromatic carbocycles. The van der Waals surface area contributed by atoms with Crippen LogP contribution in [-0.2, 0) is 0 Å². The van der Waals surface area contributed by atoms with E-state index in [1.54, 1.807) is 0 Å². The Morgan fingerprint density at radius 1 is 0.950 bits per heavy atom. The molecule has 0 amide bonds. The Kier molecular flexibility index (Phi) is 7.42. The summed E-state index contributed by atoms with van der Waals surface area (Å²) in [7, 11) is 0. The largest absolute Gasteiger partial charge is 0.0841 e. The van der Waals surface area contributed by atoms with Gasteiger partial charge in [-0.2, -0.15) is 0 Å². The molecule has 0 N–H and O–H groups in total. The molecule has 0 aromatic heterocycles. The zero-order valence-electron chi connectivity index (χ0n) is 13.1. The van der Waals surface area contributed by atoms with Crippen LogP contribution in [0.2, 0.25) is 0 Å². The van der Waals surface area contributed by atoms with E-state index < -0.39 is 0 Å². The Morgan fingerprint density at radius 2 is 1.45 bits per heavy atom. The first-order valence-electron chi connectivity index (χ1n) is 7.42. The second kappa shape index (κ2) is 9.14. The van der Waals surface area contributed by atoms with Crippen molar-refractivity contribution in [3.05, 3.63) is 77.9 Å². The van der Waals surface area contributed by atoms with Crippen LogP contribution in [-0.4, -0.2) is 0 Å². The third-order valence-electron chi connectivity index (χ3n) is 3.64. The van der Waals surface area contributed by atoms with Gasteiger partial charge in [0.25, 0.3) is 0 Å². The Balaban J connectivity index is 0.000000200. The normalized spacial score (nSPS) is 12.3. The molecule has 20 heavy (non-hydrogen) atoms. The summed E-state index contributed by atoms with van der Waals surface area (Å²) in [5.41, 5.74) is 4.09. The third kappa shape index (κ3) is 5.44. The van der Waals surface area contributed by atoms with Crippen LogP contribution in [0.25, 0.3) is 5.57 Å². The molecule has 0 radical (unpaired) electrons. The van der Waals surface area contributed by atoms with Crippen molar-refractivity contribution in [2.45, 2.75) is 40.0 Å². The van der Waals surface area contributed by atoms with Crippen molar-refractivity contribution >= 4 is 5.57 Å². The van der Waals surface area contributed by atoms with Gasteiger partial charge in [-0.1, -0.05) is 80.6 Å². The molecular weight excluding hydrogens is 240 g/mol. The standard InChI is InChI=1S/C10H14.C10H12/c2*1-3-9(2)10-7-5-4-6-8-10/h4-9H,3H2,1-2H3;3-8H,1-2H3. The first kappa shape index (κ1) is 16.2. The van der Waals surface area contributed by atoms with Crippen molar-refractivity contribution in [1.29, 1.82) is 0 Å². The van der Waals surface area contributed by atoms with Crippen LogP contribution in [0.15, 0.2) is 66.7 Å². The van der Waals surface area contributed by atoms with Crippen LogP contribution in [0.4, 0.5) is 0 Å². The van der Waals surface area contributed by atoms with Crippen LogP contribution in [0, 0.1) is 0 Å². The van der Waals surface area contributed by atoms with Crippen LogP contribution >= 0.6 is 0 Å². The molecular formula is C20H26. The fraction of sp³-hybridized carbons (Fsp3) is 0.300. The second-order valence-corrected chi connectivity index (χ2v) is 5.06. The maximum atomic E-state index is 2.26. The third-order valence-corrected chi connectivity index (χ3v) is 3.64. The summed E-state index contributed by atoms with van der Waals surface area (Å²) in [6.45, 7) is 8.66. The van der Waals surface area contributed by atoms with Gasteiger partial charge in [0.15, 0.2) is 0 Å². The van der Waals surface area contributed by atoms with E-state index in [9.17, 15) is 0 Å². The van der Waals surface area contributed by atoms with Gasteiger partial charge in [-0.25, -0.2) is 0 Å². The van der Waals surface area contributed by atoms with Crippen LogP contribution in [0.1, 0.15) is 51.2 Å². The minimum atomic E-state index is 0.709. The molecule has 0 heterocycles. The molecule has 0 bridgehead atoms. The van der Waals surface area contributed by atoms with Crippen molar-refractivity contribution < 1.29 is 0 Å². The van der Waals surface area contributed by atoms with Crippen LogP contribution in [0.3, 0.4) is 0 Å². The Labute approximate surface area is 124 Å². The van der Waals surface area contributed by atoms with Gasteiger partial charge >= 0.3 is 0 Å². The predicted molar refractivity (Wildman–Crippen MR) is 90.9 cm³/mol. The highest BCUT2D eigenvalue weighted by Gasteiger charge is 1.98. The topological polar surface area (TPSA) is 0 Å². The molecule has 0 spiro atoms. The minimum Gasteiger partial charge on any atom is -0.0841 e. The molecule has 0 nitrogen and oxygen atoms in total. The van der Waals surface area contributed by atoms with Gasteiger partial charge in [0.1, 0.15) is 0 Å². The molecule has 0 aliphatic rings. The lowest BCUT2D eigenvalue weighted by atomic mass is 9.99. The molecule has 0 heteroatoms. The zero-order chi connectivity index (χ0) is 14.8. The van der Waals surface area contributed by atoms with Crippen molar-refractivity contribution in [3.63, 3.8) is 0 Å². The highest BCUT2D eigenvalue weighted by molar-refractivity contribution is 5.62. The summed E-state index contributed by atoms with van der Waals surface area (Å²) in [6.07, 6.45) is 3.35. The number of hydrogen-bond acceptors (Lipinski definition) is 0. The van der Waals surface area contributed by atoms with Gasteiger partial charge in [0, 0.05) is 0 Å². The van der Waals surface area contributed by atoms with Crippen LogP contribution < -0.4 is 0 Å². The summed E-state index contributed by atoms with van der Waals surface area (Å²) >= 11 is 0. The molecule has 0 aliphatic heterocycles. The lowest BCUT2D eigenvalue weighted by Crippen LogP contribution is -1.88.